The molecule has 0 radical (unpaired) electrons. The molecule has 27 heavy (non-hydrogen) atoms. The predicted octanol–water partition coefficient (Wildman–Crippen LogP) is 1.76. The van der Waals surface area contributed by atoms with Crippen molar-refractivity contribution in [2.45, 2.75) is 6.54 Å². The van der Waals surface area contributed by atoms with Crippen LogP contribution in [-0.2, 0) is 16.1 Å². The second-order valence-corrected chi connectivity index (χ2v) is 6.94. The molecule has 2 heterocycles. The van der Waals surface area contributed by atoms with Gasteiger partial charge in [-0.15, -0.1) is 0 Å². The van der Waals surface area contributed by atoms with Crippen LogP contribution in [0, 0.1) is 0 Å². The van der Waals surface area contributed by atoms with Gasteiger partial charge in [0.25, 0.3) is 0 Å². The van der Waals surface area contributed by atoms with Gasteiger partial charge in [-0.1, -0.05) is 42.5 Å². The molecule has 1 saturated heterocycles. The summed E-state index contributed by atoms with van der Waals surface area (Å²) in [6.07, 6.45) is 0. The number of carbonyl (C=O) groups excluding carboxylic acids is 2. The third-order valence-corrected chi connectivity index (χ3v) is 5.05. The van der Waals surface area contributed by atoms with Gasteiger partial charge in [0.1, 0.15) is 6.54 Å². The summed E-state index contributed by atoms with van der Waals surface area (Å²) in [5.41, 5.74) is 2.09. The Kier molecular flexibility index (Phi) is 5.07. The Bertz CT molecular complexity index is 816. The van der Waals surface area contributed by atoms with Crippen molar-refractivity contribution in [3.05, 3.63) is 60.2 Å². The number of para-hydroxylation sites is 2. The lowest BCUT2D eigenvalue weighted by molar-refractivity contribution is -0.134. The molecular formula is C21H23N3O3. The number of carbonyl (C=O) groups is 2. The second-order valence-electron chi connectivity index (χ2n) is 6.94. The van der Waals surface area contributed by atoms with Crippen LogP contribution in [0.15, 0.2) is 54.6 Å². The zero-order valence-corrected chi connectivity index (χ0v) is 15.2. The minimum Gasteiger partial charge on any atom is -0.423 e. The van der Waals surface area contributed by atoms with E-state index < -0.39 is 0 Å². The van der Waals surface area contributed by atoms with Crippen molar-refractivity contribution in [2.75, 3.05) is 44.2 Å². The summed E-state index contributed by atoms with van der Waals surface area (Å²) in [5.74, 6) is 0.252. The number of anilines is 1. The molecule has 0 aromatic heterocycles. The number of nitrogens with zero attached hydrogens (tertiary/aromatic N) is 3. The van der Waals surface area contributed by atoms with E-state index in [0.29, 0.717) is 18.8 Å². The Morgan fingerprint density at radius 1 is 0.926 bits per heavy atom. The first-order valence-electron chi connectivity index (χ1n) is 9.28. The first-order chi connectivity index (χ1) is 13.2. The lowest BCUT2D eigenvalue weighted by Gasteiger charge is -2.36. The van der Waals surface area contributed by atoms with Gasteiger partial charge in [0.05, 0.1) is 12.2 Å². The monoisotopic (exact) mass is 365 g/mol. The fourth-order valence-corrected chi connectivity index (χ4v) is 3.60. The normalized spacial score (nSPS) is 17.4. The number of fused-ring (bicyclic) bond motifs is 1. The molecule has 6 heteroatoms. The summed E-state index contributed by atoms with van der Waals surface area (Å²) in [5, 5.41) is 0. The zero-order valence-electron chi connectivity index (χ0n) is 15.2. The summed E-state index contributed by atoms with van der Waals surface area (Å²) in [4.78, 5) is 30.6. The van der Waals surface area contributed by atoms with Crippen molar-refractivity contribution in [1.82, 2.24) is 9.80 Å². The fraction of sp³-hybridized carbons (Fsp3) is 0.333. The maximum Gasteiger partial charge on any atom is 0.331 e. The van der Waals surface area contributed by atoms with E-state index >= 15 is 0 Å². The van der Waals surface area contributed by atoms with Crippen LogP contribution in [0.2, 0.25) is 0 Å². The maximum atomic E-state index is 12.8. The van der Waals surface area contributed by atoms with Crippen LogP contribution in [0.4, 0.5) is 5.69 Å². The molecule has 0 bridgehead atoms. The number of piperazine rings is 1. The summed E-state index contributed by atoms with van der Waals surface area (Å²) in [6.45, 7) is 4.37. The summed E-state index contributed by atoms with van der Waals surface area (Å²) < 4.78 is 5.25. The third kappa shape index (κ3) is 4.11. The van der Waals surface area contributed by atoms with Crippen molar-refractivity contribution in [2.24, 2.45) is 0 Å². The van der Waals surface area contributed by atoms with E-state index in [1.54, 1.807) is 11.0 Å². The molecular weight excluding hydrogens is 342 g/mol. The molecule has 2 aromatic rings. The molecule has 0 spiro atoms. The van der Waals surface area contributed by atoms with Gasteiger partial charge in [0.15, 0.2) is 5.75 Å². The summed E-state index contributed by atoms with van der Waals surface area (Å²) in [7, 11) is 0. The highest BCUT2D eigenvalue weighted by Crippen LogP contribution is 2.31. The molecule has 6 nitrogen and oxygen atoms in total. The standard InChI is InChI=1S/C21H23N3O3/c25-20(15-24-16-21(26)27-19-9-5-4-8-18(19)24)23-12-10-22(11-13-23)14-17-6-2-1-3-7-17/h1-9H,10-16H2. The molecule has 2 aliphatic heterocycles. The van der Waals surface area contributed by atoms with E-state index in [1.165, 1.54) is 5.56 Å². The molecule has 2 aromatic carbocycles. The van der Waals surface area contributed by atoms with E-state index in [1.807, 2.05) is 29.2 Å². The quantitative estimate of drug-likeness (QED) is 0.610. The Hall–Kier alpha value is -2.86. The molecule has 1 fully saturated rings. The molecule has 140 valence electrons. The minimum atomic E-state index is -0.325. The smallest absolute Gasteiger partial charge is 0.331 e. The van der Waals surface area contributed by atoms with Gasteiger partial charge in [-0.05, 0) is 17.7 Å². The van der Waals surface area contributed by atoms with E-state index in [4.69, 9.17) is 4.74 Å². The van der Waals surface area contributed by atoms with Crippen LogP contribution in [0.1, 0.15) is 5.56 Å². The van der Waals surface area contributed by atoms with Crippen LogP contribution >= 0.6 is 0 Å². The highest BCUT2D eigenvalue weighted by molar-refractivity contribution is 5.89. The molecule has 0 aliphatic carbocycles. The molecule has 1 amide bonds. The SMILES string of the molecule is O=C1CN(CC(=O)N2CCN(Cc3ccccc3)CC2)c2ccccc2O1. The number of hydrogen-bond acceptors (Lipinski definition) is 5. The van der Waals surface area contributed by atoms with Crippen LogP contribution < -0.4 is 9.64 Å². The van der Waals surface area contributed by atoms with E-state index in [0.717, 1.165) is 25.3 Å². The zero-order chi connectivity index (χ0) is 18.6. The Morgan fingerprint density at radius 2 is 1.63 bits per heavy atom. The number of ether oxygens (including phenoxy) is 1. The molecule has 0 saturated carbocycles. The number of esters is 1. The molecule has 4 rings (SSSR count). The van der Waals surface area contributed by atoms with Crippen LogP contribution in [-0.4, -0.2) is 60.9 Å². The Labute approximate surface area is 158 Å². The van der Waals surface area contributed by atoms with Gasteiger partial charge in [0, 0.05) is 32.7 Å². The van der Waals surface area contributed by atoms with Crippen molar-refractivity contribution in [1.29, 1.82) is 0 Å². The number of hydrogen-bond donors (Lipinski definition) is 0. The van der Waals surface area contributed by atoms with Crippen molar-refractivity contribution in [3.63, 3.8) is 0 Å². The van der Waals surface area contributed by atoms with Crippen LogP contribution in [0.3, 0.4) is 0 Å². The van der Waals surface area contributed by atoms with Crippen molar-refractivity contribution in [3.8, 4) is 5.75 Å². The average molecular weight is 365 g/mol. The van der Waals surface area contributed by atoms with Crippen molar-refractivity contribution >= 4 is 17.6 Å². The summed E-state index contributed by atoms with van der Waals surface area (Å²) >= 11 is 0. The van der Waals surface area contributed by atoms with Gasteiger partial charge in [-0.3, -0.25) is 9.69 Å². The lowest BCUT2D eigenvalue weighted by Crippen LogP contribution is -2.52. The molecule has 0 atom stereocenters. The van der Waals surface area contributed by atoms with E-state index in [2.05, 4.69) is 29.2 Å². The minimum absolute atomic E-state index is 0.0545. The Morgan fingerprint density at radius 3 is 2.41 bits per heavy atom. The molecule has 0 N–H and O–H groups in total. The van der Waals surface area contributed by atoms with E-state index in [9.17, 15) is 9.59 Å². The van der Waals surface area contributed by atoms with Crippen LogP contribution in [0.5, 0.6) is 5.75 Å². The Balaban J connectivity index is 1.33. The number of rotatable bonds is 4. The van der Waals surface area contributed by atoms with Gasteiger partial charge in [-0.2, -0.15) is 0 Å². The highest BCUT2D eigenvalue weighted by atomic mass is 16.5. The second kappa shape index (κ2) is 7.80. The fourth-order valence-electron chi connectivity index (χ4n) is 3.60. The highest BCUT2D eigenvalue weighted by Gasteiger charge is 2.28. The van der Waals surface area contributed by atoms with E-state index in [-0.39, 0.29) is 25.0 Å². The van der Waals surface area contributed by atoms with Gasteiger partial charge < -0.3 is 14.5 Å². The first-order valence-corrected chi connectivity index (χ1v) is 9.28. The van der Waals surface area contributed by atoms with Crippen molar-refractivity contribution < 1.29 is 14.3 Å². The topological polar surface area (TPSA) is 53.1 Å². The third-order valence-electron chi connectivity index (χ3n) is 5.05. The maximum absolute atomic E-state index is 12.8. The number of benzene rings is 2. The van der Waals surface area contributed by atoms with Gasteiger partial charge in [-0.25, -0.2) is 4.79 Å². The molecule has 2 aliphatic rings. The molecule has 0 unspecified atom stereocenters. The van der Waals surface area contributed by atoms with Crippen LogP contribution in [0.25, 0.3) is 0 Å². The summed E-state index contributed by atoms with van der Waals surface area (Å²) in [6, 6.07) is 17.7. The first kappa shape index (κ1) is 17.5. The van der Waals surface area contributed by atoms with Gasteiger partial charge >= 0.3 is 5.97 Å². The largest absolute Gasteiger partial charge is 0.423 e. The average Bonchev–Trinajstić information content (AvgIpc) is 2.69. The lowest BCUT2D eigenvalue weighted by atomic mass is 10.2. The van der Waals surface area contributed by atoms with Gasteiger partial charge in [0.2, 0.25) is 5.91 Å². The number of amides is 1. The predicted molar refractivity (Wildman–Crippen MR) is 103 cm³/mol.